The van der Waals surface area contributed by atoms with E-state index in [4.69, 9.17) is 11.6 Å². The zero-order chi connectivity index (χ0) is 20.8. The second-order valence-corrected chi connectivity index (χ2v) is 7.68. The van der Waals surface area contributed by atoms with Gasteiger partial charge in [0.2, 0.25) is 5.91 Å². The molecule has 0 saturated carbocycles. The highest BCUT2D eigenvalue weighted by Gasteiger charge is 2.15. The van der Waals surface area contributed by atoms with Gasteiger partial charge in [-0.1, -0.05) is 47.5 Å². The lowest BCUT2D eigenvalue weighted by Crippen LogP contribution is -2.16. The number of thioether (sulfide) groups is 1. The van der Waals surface area contributed by atoms with Crippen LogP contribution in [0.1, 0.15) is 15.9 Å². The van der Waals surface area contributed by atoms with Gasteiger partial charge in [-0.15, -0.1) is 11.8 Å². The van der Waals surface area contributed by atoms with Crippen LogP contribution in [0.15, 0.2) is 71.6 Å². The third-order valence-electron chi connectivity index (χ3n) is 4.03. The summed E-state index contributed by atoms with van der Waals surface area (Å²) in [5, 5.41) is 5.27. The number of hydrogen-bond acceptors (Lipinski definition) is 3. The second kappa shape index (κ2) is 9.58. The lowest BCUT2D eigenvalue weighted by Gasteiger charge is -2.11. The molecule has 7 heteroatoms. The highest BCUT2D eigenvalue weighted by Crippen LogP contribution is 2.26. The zero-order valence-corrected chi connectivity index (χ0v) is 17.1. The molecule has 0 unspecified atom stereocenters. The molecule has 3 rings (SSSR count). The van der Waals surface area contributed by atoms with Gasteiger partial charge in [0.15, 0.2) is 5.82 Å². The van der Waals surface area contributed by atoms with Gasteiger partial charge in [0.1, 0.15) is 0 Å². The number of aryl methyl sites for hydroxylation is 1. The fraction of sp³-hybridized carbons (Fsp3) is 0.0909. The van der Waals surface area contributed by atoms with Gasteiger partial charge in [0.25, 0.3) is 5.91 Å². The van der Waals surface area contributed by atoms with Crippen molar-refractivity contribution in [1.82, 2.24) is 0 Å². The quantitative estimate of drug-likeness (QED) is 0.490. The maximum absolute atomic E-state index is 14.1. The predicted molar refractivity (Wildman–Crippen MR) is 116 cm³/mol. The van der Waals surface area contributed by atoms with Crippen LogP contribution < -0.4 is 10.6 Å². The molecule has 2 amide bonds. The van der Waals surface area contributed by atoms with Crippen molar-refractivity contribution >= 4 is 46.6 Å². The molecule has 4 nitrogen and oxygen atoms in total. The molecule has 3 aromatic carbocycles. The molecule has 0 radical (unpaired) electrons. The van der Waals surface area contributed by atoms with Crippen LogP contribution in [0.3, 0.4) is 0 Å². The van der Waals surface area contributed by atoms with Crippen LogP contribution in [0.2, 0.25) is 5.02 Å². The number of benzene rings is 3. The van der Waals surface area contributed by atoms with Crippen molar-refractivity contribution < 1.29 is 14.0 Å². The van der Waals surface area contributed by atoms with Crippen molar-refractivity contribution in [1.29, 1.82) is 0 Å². The summed E-state index contributed by atoms with van der Waals surface area (Å²) in [4.78, 5) is 25.5. The molecule has 0 atom stereocenters. The summed E-state index contributed by atoms with van der Waals surface area (Å²) in [6, 6.07) is 18.7. The Bertz CT molecular complexity index is 1040. The largest absolute Gasteiger partial charge is 0.325 e. The fourth-order valence-electron chi connectivity index (χ4n) is 2.55. The van der Waals surface area contributed by atoms with Crippen molar-refractivity contribution in [2.24, 2.45) is 0 Å². The molecule has 0 saturated heterocycles. The normalized spacial score (nSPS) is 10.4. The van der Waals surface area contributed by atoms with E-state index in [0.29, 0.717) is 16.1 Å². The van der Waals surface area contributed by atoms with Crippen molar-refractivity contribution in [3.05, 3.63) is 88.7 Å². The maximum atomic E-state index is 14.1. The molecule has 0 fully saturated rings. The molecule has 148 valence electrons. The Labute approximate surface area is 177 Å². The van der Waals surface area contributed by atoms with Crippen LogP contribution >= 0.6 is 23.4 Å². The first-order valence-electron chi connectivity index (χ1n) is 8.78. The van der Waals surface area contributed by atoms with E-state index in [2.05, 4.69) is 10.6 Å². The number of anilines is 2. The molecule has 0 bridgehead atoms. The minimum atomic E-state index is -0.690. The van der Waals surface area contributed by atoms with E-state index in [0.717, 1.165) is 5.56 Å². The Morgan fingerprint density at radius 2 is 1.69 bits per heavy atom. The molecule has 0 aliphatic carbocycles. The Morgan fingerprint density at radius 3 is 2.45 bits per heavy atom. The first kappa shape index (κ1) is 20.9. The predicted octanol–water partition coefficient (Wildman–Crippen LogP) is 5.77. The van der Waals surface area contributed by atoms with E-state index >= 15 is 0 Å². The number of amides is 2. The first-order valence-corrected chi connectivity index (χ1v) is 10.1. The number of rotatable bonds is 6. The van der Waals surface area contributed by atoms with Gasteiger partial charge in [-0.25, -0.2) is 4.39 Å². The van der Waals surface area contributed by atoms with E-state index in [1.54, 1.807) is 30.3 Å². The molecule has 3 aromatic rings. The summed E-state index contributed by atoms with van der Waals surface area (Å²) in [7, 11) is 0. The highest BCUT2D eigenvalue weighted by atomic mass is 35.5. The Balaban J connectivity index is 1.66. The fourth-order valence-corrected chi connectivity index (χ4v) is 3.57. The van der Waals surface area contributed by atoms with Gasteiger partial charge in [-0.2, -0.15) is 0 Å². The highest BCUT2D eigenvalue weighted by molar-refractivity contribution is 8.00. The molecule has 2 N–H and O–H groups in total. The molecule has 0 spiro atoms. The lowest BCUT2D eigenvalue weighted by molar-refractivity contribution is -0.113. The summed E-state index contributed by atoms with van der Waals surface area (Å²) in [6.45, 7) is 1.97. The number of halogens is 2. The van der Waals surface area contributed by atoms with Gasteiger partial charge < -0.3 is 10.6 Å². The molecular weight excluding hydrogens is 411 g/mol. The van der Waals surface area contributed by atoms with Crippen molar-refractivity contribution in [3.63, 3.8) is 0 Å². The third kappa shape index (κ3) is 5.59. The van der Waals surface area contributed by atoms with E-state index in [1.165, 1.54) is 23.9 Å². The average Bonchev–Trinajstić information content (AvgIpc) is 2.72. The van der Waals surface area contributed by atoms with Crippen LogP contribution in [-0.2, 0) is 4.79 Å². The van der Waals surface area contributed by atoms with Crippen molar-refractivity contribution in [2.45, 2.75) is 11.8 Å². The first-order chi connectivity index (χ1) is 13.9. The van der Waals surface area contributed by atoms with Gasteiger partial charge >= 0.3 is 0 Å². The summed E-state index contributed by atoms with van der Waals surface area (Å²) in [5.74, 6) is -1.22. The van der Waals surface area contributed by atoms with Gasteiger partial charge in [0, 0.05) is 10.6 Å². The molecule has 0 aromatic heterocycles. The van der Waals surface area contributed by atoms with Crippen molar-refractivity contribution in [3.8, 4) is 0 Å². The summed E-state index contributed by atoms with van der Waals surface area (Å²) >= 11 is 6.99. The van der Waals surface area contributed by atoms with Crippen LogP contribution in [0.5, 0.6) is 0 Å². The number of carbonyl (C=O) groups excluding carboxylic acids is 2. The maximum Gasteiger partial charge on any atom is 0.256 e. The van der Waals surface area contributed by atoms with Gasteiger partial charge in [-0.3, -0.25) is 9.59 Å². The molecule has 0 aliphatic rings. The zero-order valence-electron chi connectivity index (χ0n) is 15.5. The van der Waals surface area contributed by atoms with Crippen molar-refractivity contribution in [2.75, 3.05) is 16.4 Å². The average molecular weight is 429 g/mol. The van der Waals surface area contributed by atoms with E-state index < -0.39 is 11.7 Å². The van der Waals surface area contributed by atoms with Gasteiger partial charge in [0.05, 0.1) is 22.0 Å². The molecule has 29 heavy (non-hydrogen) atoms. The number of hydrogen-bond donors (Lipinski definition) is 2. The summed E-state index contributed by atoms with van der Waals surface area (Å²) < 4.78 is 14.1. The van der Waals surface area contributed by atoms with Gasteiger partial charge in [-0.05, 0) is 43.3 Å². The van der Waals surface area contributed by atoms with E-state index in [-0.39, 0.29) is 22.4 Å². The van der Waals surface area contributed by atoms with Crippen LogP contribution in [0.25, 0.3) is 0 Å². The van der Waals surface area contributed by atoms with Crippen LogP contribution in [0, 0.1) is 12.7 Å². The molecule has 0 heterocycles. The standard InChI is InChI=1S/C22H18ClFN2O2S/c1-14-9-11-15(12-10-14)25-20(27)13-29-19-8-3-2-5-16(19)22(28)26-18-7-4-6-17(23)21(18)24/h2-12H,13H2,1H3,(H,25,27)(H,26,28). The summed E-state index contributed by atoms with van der Waals surface area (Å²) in [5.41, 5.74) is 2.16. The summed E-state index contributed by atoms with van der Waals surface area (Å²) in [6.07, 6.45) is 0. The number of nitrogens with one attached hydrogen (secondary N) is 2. The Hall–Kier alpha value is -2.83. The second-order valence-electron chi connectivity index (χ2n) is 6.25. The molecular formula is C22H18ClFN2O2S. The minimum absolute atomic E-state index is 0.000540. The third-order valence-corrected chi connectivity index (χ3v) is 5.39. The Morgan fingerprint density at radius 1 is 0.966 bits per heavy atom. The molecule has 0 aliphatic heterocycles. The van der Waals surface area contributed by atoms with Crippen LogP contribution in [0.4, 0.5) is 15.8 Å². The van der Waals surface area contributed by atoms with E-state index in [1.807, 2.05) is 31.2 Å². The van der Waals surface area contributed by atoms with Crippen LogP contribution in [-0.4, -0.2) is 17.6 Å². The SMILES string of the molecule is Cc1ccc(NC(=O)CSc2ccccc2C(=O)Nc2cccc(Cl)c2F)cc1. The monoisotopic (exact) mass is 428 g/mol. The van der Waals surface area contributed by atoms with E-state index in [9.17, 15) is 14.0 Å². The topological polar surface area (TPSA) is 58.2 Å². The lowest BCUT2D eigenvalue weighted by atomic mass is 10.2. The minimum Gasteiger partial charge on any atom is -0.325 e. The number of carbonyl (C=O) groups is 2. The Kier molecular flexibility index (Phi) is 6.90. The smallest absolute Gasteiger partial charge is 0.256 e.